The third kappa shape index (κ3) is 3.44. The molecule has 0 spiro atoms. The van der Waals surface area contributed by atoms with Gasteiger partial charge in [0.2, 0.25) is 15.9 Å². The first-order valence-corrected chi connectivity index (χ1v) is 8.09. The van der Waals surface area contributed by atoms with Crippen molar-refractivity contribution in [2.45, 2.75) is 30.6 Å². The summed E-state index contributed by atoms with van der Waals surface area (Å²) < 4.78 is 31.8. The van der Waals surface area contributed by atoms with Crippen LogP contribution < -0.4 is 11.1 Å². The van der Waals surface area contributed by atoms with Crippen molar-refractivity contribution in [2.24, 2.45) is 5.73 Å². The van der Waals surface area contributed by atoms with Crippen LogP contribution in [-0.4, -0.2) is 62.8 Å². The van der Waals surface area contributed by atoms with Gasteiger partial charge >= 0.3 is 0 Å². The summed E-state index contributed by atoms with van der Waals surface area (Å²) in [4.78, 5) is 11.2. The molecule has 19 heavy (non-hydrogen) atoms. The fraction of sp³-hybridized carbons (Fsp3) is 0.909. The molecule has 1 unspecified atom stereocenters. The lowest BCUT2D eigenvalue weighted by molar-refractivity contribution is -0.118. The van der Waals surface area contributed by atoms with Gasteiger partial charge in [-0.1, -0.05) is 0 Å². The van der Waals surface area contributed by atoms with Crippen molar-refractivity contribution in [3.8, 4) is 0 Å². The van der Waals surface area contributed by atoms with Crippen molar-refractivity contribution in [3.05, 3.63) is 0 Å². The number of carbonyl (C=O) groups is 1. The predicted molar refractivity (Wildman–Crippen MR) is 69.9 cm³/mol. The van der Waals surface area contributed by atoms with E-state index in [2.05, 4.69) is 5.32 Å². The Morgan fingerprint density at radius 3 is 2.53 bits per heavy atom. The molecular weight excluding hydrogens is 270 g/mol. The lowest BCUT2D eigenvalue weighted by atomic mass is 10.2. The fourth-order valence-electron chi connectivity index (χ4n) is 2.63. The average Bonchev–Trinajstić information content (AvgIpc) is 2.90. The Hall–Kier alpha value is -0.700. The second-order valence-corrected chi connectivity index (χ2v) is 7.18. The van der Waals surface area contributed by atoms with E-state index in [1.165, 1.54) is 4.31 Å². The third-order valence-electron chi connectivity index (χ3n) is 3.67. The molecule has 8 heteroatoms. The van der Waals surface area contributed by atoms with E-state index < -0.39 is 21.2 Å². The highest BCUT2D eigenvalue weighted by molar-refractivity contribution is 7.89. The summed E-state index contributed by atoms with van der Waals surface area (Å²) >= 11 is 0. The topological polar surface area (TPSA) is 102 Å². The van der Waals surface area contributed by atoms with Crippen LogP contribution in [0, 0.1) is 0 Å². The minimum atomic E-state index is -3.49. The van der Waals surface area contributed by atoms with Crippen LogP contribution in [0.15, 0.2) is 0 Å². The molecule has 0 aliphatic carbocycles. The van der Waals surface area contributed by atoms with Crippen LogP contribution in [0.3, 0.4) is 0 Å². The van der Waals surface area contributed by atoms with E-state index in [9.17, 15) is 13.2 Å². The maximum atomic E-state index is 12.6. The molecule has 0 aromatic rings. The fourth-order valence-corrected chi connectivity index (χ4v) is 4.70. The highest BCUT2D eigenvalue weighted by Crippen LogP contribution is 2.23. The van der Waals surface area contributed by atoms with E-state index in [1.807, 2.05) is 0 Å². The molecular formula is C11H21N3O4S. The summed E-state index contributed by atoms with van der Waals surface area (Å²) in [5.74, 6) is -0.609. The lowest BCUT2D eigenvalue weighted by Gasteiger charge is -2.32. The van der Waals surface area contributed by atoms with Gasteiger partial charge in [-0.05, 0) is 25.8 Å². The number of hydrogen-bond donors (Lipinski definition) is 2. The minimum absolute atomic E-state index is 0.166. The molecule has 1 amide bonds. The van der Waals surface area contributed by atoms with E-state index in [4.69, 9.17) is 10.5 Å². The zero-order chi connectivity index (χ0) is 13.9. The Balaban J connectivity index is 2.17. The highest BCUT2D eigenvalue weighted by Gasteiger charge is 2.38. The van der Waals surface area contributed by atoms with Gasteiger partial charge in [-0.15, -0.1) is 0 Å². The maximum absolute atomic E-state index is 12.6. The highest BCUT2D eigenvalue weighted by atomic mass is 32.2. The Morgan fingerprint density at radius 2 is 2.00 bits per heavy atom. The van der Waals surface area contributed by atoms with Gasteiger partial charge in [-0.2, -0.15) is 4.31 Å². The number of primary amides is 1. The van der Waals surface area contributed by atoms with Crippen LogP contribution in [0.5, 0.6) is 0 Å². The zero-order valence-corrected chi connectivity index (χ0v) is 11.7. The Labute approximate surface area is 113 Å². The van der Waals surface area contributed by atoms with Gasteiger partial charge in [0.25, 0.3) is 0 Å². The molecule has 2 aliphatic rings. The molecule has 1 atom stereocenters. The predicted octanol–water partition coefficient (Wildman–Crippen LogP) is -1.36. The van der Waals surface area contributed by atoms with E-state index in [1.54, 1.807) is 0 Å². The number of carbonyl (C=O) groups excluding carboxylic acids is 1. The van der Waals surface area contributed by atoms with E-state index in [0.29, 0.717) is 32.6 Å². The number of rotatable bonds is 5. The third-order valence-corrected chi connectivity index (χ3v) is 6.06. The summed E-state index contributed by atoms with van der Waals surface area (Å²) in [6.07, 6.45) is 1.69. The van der Waals surface area contributed by atoms with Crippen molar-refractivity contribution in [1.29, 1.82) is 0 Å². The van der Waals surface area contributed by atoms with Crippen LogP contribution in [0.25, 0.3) is 0 Å². The van der Waals surface area contributed by atoms with Crippen LogP contribution in [0.2, 0.25) is 0 Å². The summed E-state index contributed by atoms with van der Waals surface area (Å²) in [6, 6.07) is -0.166. The number of hydrogen-bond acceptors (Lipinski definition) is 5. The SMILES string of the molecule is NC(=O)CN(C1CCNC1)S(=O)(=O)C1CCOCC1. The van der Waals surface area contributed by atoms with Gasteiger partial charge in [-0.25, -0.2) is 8.42 Å². The summed E-state index contributed by atoms with van der Waals surface area (Å²) in [5.41, 5.74) is 5.20. The van der Waals surface area contributed by atoms with Crippen LogP contribution in [-0.2, 0) is 19.6 Å². The Morgan fingerprint density at radius 1 is 1.32 bits per heavy atom. The minimum Gasteiger partial charge on any atom is -0.381 e. The van der Waals surface area contributed by atoms with Crippen LogP contribution in [0.1, 0.15) is 19.3 Å². The molecule has 3 N–H and O–H groups in total. The van der Waals surface area contributed by atoms with E-state index in [-0.39, 0.29) is 12.6 Å². The number of nitrogens with zero attached hydrogens (tertiary/aromatic N) is 1. The smallest absolute Gasteiger partial charge is 0.232 e. The quantitative estimate of drug-likeness (QED) is 0.652. The van der Waals surface area contributed by atoms with Crippen molar-refractivity contribution >= 4 is 15.9 Å². The van der Waals surface area contributed by atoms with Gasteiger partial charge in [0, 0.05) is 25.8 Å². The Bertz CT molecular complexity index is 414. The largest absolute Gasteiger partial charge is 0.381 e. The molecule has 0 bridgehead atoms. The number of ether oxygens (including phenoxy) is 1. The lowest BCUT2D eigenvalue weighted by Crippen LogP contribution is -2.50. The number of amides is 1. The molecule has 2 aliphatic heterocycles. The summed E-state index contributed by atoms with van der Waals surface area (Å²) in [6.45, 7) is 2.03. The summed E-state index contributed by atoms with van der Waals surface area (Å²) in [7, 11) is -3.49. The van der Waals surface area contributed by atoms with Crippen molar-refractivity contribution in [3.63, 3.8) is 0 Å². The first-order chi connectivity index (χ1) is 9.01. The standard InChI is InChI=1S/C11H21N3O4S/c12-11(15)8-14(9-1-4-13-7-9)19(16,17)10-2-5-18-6-3-10/h9-10,13H,1-8H2,(H2,12,15). The second kappa shape index (κ2) is 6.17. The molecule has 2 saturated heterocycles. The van der Waals surface area contributed by atoms with Gasteiger partial charge in [0.05, 0.1) is 11.8 Å². The molecule has 0 aromatic heterocycles. The molecule has 110 valence electrons. The first-order valence-electron chi connectivity index (χ1n) is 6.59. The van der Waals surface area contributed by atoms with Gasteiger partial charge < -0.3 is 15.8 Å². The van der Waals surface area contributed by atoms with Crippen molar-refractivity contribution in [2.75, 3.05) is 32.8 Å². The van der Waals surface area contributed by atoms with Crippen LogP contribution in [0.4, 0.5) is 0 Å². The molecule has 0 aromatic carbocycles. The first kappa shape index (κ1) is 14.7. The molecule has 2 fully saturated rings. The van der Waals surface area contributed by atoms with Crippen LogP contribution >= 0.6 is 0 Å². The van der Waals surface area contributed by atoms with E-state index in [0.717, 1.165) is 13.0 Å². The number of sulfonamides is 1. The monoisotopic (exact) mass is 291 g/mol. The van der Waals surface area contributed by atoms with Crippen molar-refractivity contribution < 1.29 is 17.9 Å². The van der Waals surface area contributed by atoms with Gasteiger partial charge in [-0.3, -0.25) is 4.79 Å². The second-order valence-electron chi connectivity index (χ2n) is 5.01. The molecule has 7 nitrogen and oxygen atoms in total. The van der Waals surface area contributed by atoms with Gasteiger partial charge in [0.1, 0.15) is 0 Å². The number of nitrogens with one attached hydrogen (secondary N) is 1. The molecule has 2 rings (SSSR count). The normalized spacial score (nSPS) is 25.8. The van der Waals surface area contributed by atoms with E-state index >= 15 is 0 Å². The Kier molecular flexibility index (Phi) is 4.77. The molecule has 0 saturated carbocycles. The summed E-state index contributed by atoms with van der Waals surface area (Å²) in [5, 5.41) is 2.66. The average molecular weight is 291 g/mol. The van der Waals surface area contributed by atoms with Crippen molar-refractivity contribution in [1.82, 2.24) is 9.62 Å². The van der Waals surface area contributed by atoms with Gasteiger partial charge in [0.15, 0.2) is 0 Å². The molecule has 0 radical (unpaired) electrons. The maximum Gasteiger partial charge on any atom is 0.232 e. The zero-order valence-electron chi connectivity index (χ0n) is 10.9. The number of nitrogens with two attached hydrogens (primary N) is 1. The molecule has 2 heterocycles.